The van der Waals surface area contributed by atoms with Crippen LogP contribution in [0.1, 0.15) is 31.2 Å². The summed E-state index contributed by atoms with van der Waals surface area (Å²) in [6, 6.07) is 8.02. The van der Waals surface area contributed by atoms with Gasteiger partial charge in [-0.2, -0.15) is 0 Å². The van der Waals surface area contributed by atoms with Crippen molar-refractivity contribution in [2.24, 2.45) is 4.99 Å². The number of benzene rings is 1. The number of guanidine groups is 1. The Bertz CT molecular complexity index is 688. The smallest absolute Gasteiger partial charge is 0.236 e. The van der Waals surface area contributed by atoms with Gasteiger partial charge >= 0.3 is 0 Å². The maximum atomic E-state index is 12.5. The first kappa shape index (κ1) is 25.2. The van der Waals surface area contributed by atoms with Crippen LogP contribution in [0.2, 0.25) is 5.02 Å². The average Bonchev–Trinajstić information content (AvgIpc) is 2.76. The van der Waals surface area contributed by atoms with E-state index < -0.39 is 0 Å². The minimum atomic E-state index is 0. The minimum Gasteiger partial charge on any atom is -0.356 e. The van der Waals surface area contributed by atoms with Crippen LogP contribution in [0.5, 0.6) is 0 Å². The highest BCUT2D eigenvalue weighted by atomic mass is 127. The molecule has 2 heterocycles. The summed E-state index contributed by atoms with van der Waals surface area (Å²) in [5.41, 5.74) is 1.19. The molecule has 0 atom stereocenters. The highest BCUT2D eigenvalue weighted by molar-refractivity contribution is 14.0. The van der Waals surface area contributed by atoms with Crippen LogP contribution in [0.15, 0.2) is 29.3 Å². The van der Waals surface area contributed by atoms with Crippen molar-refractivity contribution in [3.05, 3.63) is 34.9 Å². The van der Waals surface area contributed by atoms with Crippen molar-refractivity contribution >= 4 is 47.4 Å². The summed E-state index contributed by atoms with van der Waals surface area (Å²) < 4.78 is 0. The van der Waals surface area contributed by atoms with Crippen LogP contribution in [-0.4, -0.2) is 86.0 Å². The van der Waals surface area contributed by atoms with Gasteiger partial charge in [-0.25, -0.2) is 0 Å². The number of halogens is 2. The molecule has 168 valence electrons. The van der Waals surface area contributed by atoms with Crippen molar-refractivity contribution in [1.29, 1.82) is 0 Å². The first-order valence-electron chi connectivity index (χ1n) is 10.9. The normalized spacial score (nSPS) is 18.1. The fraction of sp³-hybridized carbons (Fsp3) is 0.636. The fourth-order valence-electron chi connectivity index (χ4n) is 4.06. The maximum absolute atomic E-state index is 12.5. The Morgan fingerprint density at radius 3 is 2.40 bits per heavy atom. The molecule has 1 aromatic carbocycles. The molecule has 1 N–H and O–H groups in total. The maximum Gasteiger partial charge on any atom is 0.236 e. The summed E-state index contributed by atoms with van der Waals surface area (Å²) in [7, 11) is 1.84. The Morgan fingerprint density at radius 1 is 1.03 bits per heavy atom. The highest BCUT2D eigenvalue weighted by Crippen LogP contribution is 2.16. The van der Waals surface area contributed by atoms with E-state index in [1.165, 1.54) is 12.0 Å². The molecule has 1 aromatic rings. The zero-order chi connectivity index (χ0) is 20.5. The van der Waals surface area contributed by atoms with Gasteiger partial charge in [-0.3, -0.25) is 14.7 Å². The molecule has 0 radical (unpaired) electrons. The van der Waals surface area contributed by atoms with Crippen LogP contribution in [0, 0.1) is 0 Å². The van der Waals surface area contributed by atoms with Crippen molar-refractivity contribution in [3.63, 3.8) is 0 Å². The van der Waals surface area contributed by atoms with Gasteiger partial charge in [0.05, 0.1) is 6.54 Å². The van der Waals surface area contributed by atoms with E-state index in [9.17, 15) is 4.79 Å². The summed E-state index contributed by atoms with van der Waals surface area (Å²) in [4.78, 5) is 23.5. The number of nitrogens with zero attached hydrogens (tertiary/aromatic N) is 4. The zero-order valence-electron chi connectivity index (χ0n) is 18.0. The van der Waals surface area contributed by atoms with E-state index in [1.807, 2.05) is 30.1 Å². The third-order valence-electron chi connectivity index (χ3n) is 5.82. The SMILES string of the molecule is CN=C(NCCCc1ccccc1Cl)N1CCN(CC(=O)N2CCCCC2)CC1.I. The minimum absolute atomic E-state index is 0. The molecule has 2 fully saturated rings. The van der Waals surface area contributed by atoms with E-state index in [2.05, 4.69) is 26.2 Å². The van der Waals surface area contributed by atoms with E-state index in [0.29, 0.717) is 12.5 Å². The quantitative estimate of drug-likeness (QED) is 0.257. The van der Waals surface area contributed by atoms with E-state index >= 15 is 0 Å². The van der Waals surface area contributed by atoms with Crippen molar-refractivity contribution in [2.75, 3.05) is 59.4 Å². The Kier molecular flexibility index (Phi) is 11.2. The summed E-state index contributed by atoms with van der Waals surface area (Å²) >= 11 is 6.23. The first-order valence-corrected chi connectivity index (χ1v) is 11.2. The number of rotatable bonds is 6. The third-order valence-corrected chi connectivity index (χ3v) is 6.18. The van der Waals surface area contributed by atoms with Crippen LogP contribution < -0.4 is 5.32 Å². The predicted molar refractivity (Wildman–Crippen MR) is 135 cm³/mol. The van der Waals surface area contributed by atoms with Gasteiger partial charge in [-0.1, -0.05) is 29.8 Å². The number of carbonyl (C=O) groups excluding carboxylic acids is 1. The summed E-state index contributed by atoms with van der Waals surface area (Å²) in [6.07, 6.45) is 5.52. The van der Waals surface area contributed by atoms with Gasteiger partial charge in [0.2, 0.25) is 5.91 Å². The molecule has 1 amide bonds. The van der Waals surface area contributed by atoms with Gasteiger partial charge < -0.3 is 15.1 Å². The van der Waals surface area contributed by atoms with Crippen molar-refractivity contribution in [2.45, 2.75) is 32.1 Å². The molecule has 2 aliphatic heterocycles. The Balaban J connectivity index is 0.00000320. The number of likely N-dealkylation sites (tertiary alicyclic amines) is 1. The van der Waals surface area contributed by atoms with Crippen LogP contribution in [0.4, 0.5) is 0 Å². The molecule has 0 bridgehead atoms. The van der Waals surface area contributed by atoms with E-state index in [-0.39, 0.29) is 24.0 Å². The Hall–Kier alpha value is -1.06. The van der Waals surface area contributed by atoms with Gasteiger partial charge in [0.1, 0.15) is 0 Å². The number of hydrogen-bond acceptors (Lipinski definition) is 3. The predicted octanol–water partition coefficient (Wildman–Crippen LogP) is 3.10. The van der Waals surface area contributed by atoms with E-state index in [4.69, 9.17) is 11.6 Å². The number of aryl methyl sites for hydroxylation is 1. The molecule has 6 nitrogen and oxygen atoms in total. The molecule has 2 aliphatic rings. The monoisotopic (exact) mass is 547 g/mol. The second-order valence-corrected chi connectivity index (χ2v) is 8.28. The van der Waals surface area contributed by atoms with Gasteiger partial charge in [-0.15, -0.1) is 24.0 Å². The van der Waals surface area contributed by atoms with E-state index in [0.717, 1.165) is 82.5 Å². The topological polar surface area (TPSA) is 51.2 Å². The summed E-state index contributed by atoms with van der Waals surface area (Å²) in [6.45, 7) is 6.89. The van der Waals surface area contributed by atoms with E-state index in [1.54, 1.807) is 0 Å². The van der Waals surface area contributed by atoms with Gasteiger partial charge in [0.25, 0.3) is 0 Å². The lowest BCUT2D eigenvalue weighted by Gasteiger charge is -2.37. The summed E-state index contributed by atoms with van der Waals surface area (Å²) in [5.74, 6) is 1.24. The molecule has 30 heavy (non-hydrogen) atoms. The lowest BCUT2D eigenvalue weighted by Crippen LogP contribution is -2.54. The van der Waals surface area contributed by atoms with Crippen molar-refractivity contribution < 1.29 is 4.79 Å². The number of amides is 1. The third kappa shape index (κ3) is 7.57. The largest absolute Gasteiger partial charge is 0.356 e. The number of carbonyl (C=O) groups is 1. The van der Waals surface area contributed by atoms with Crippen LogP contribution in [0.3, 0.4) is 0 Å². The molecule has 8 heteroatoms. The molecule has 0 unspecified atom stereocenters. The second kappa shape index (κ2) is 13.4. The summed E-state index contributed by atoms with van der Waals surface area (Å²) in [5, 5.41) is 4.32. The fourth-order valence-corrected chi connectivity index (χ4v) is 4.30. The Morgan fingerprint density at radius 2 is 1.73 bits per heavy atom. The lowest BCUT2D eigenvalue weighted by atomic mass is 10.1. The number of hydrogen-bond donors (Lipinski definition) is 1. The van der Waals surface area contributed by atoms with Crippen LogP contribution in [-0.2, 0) is 11.2 Å². The van der Waals surface area contributed by atoms with Gasteiger partial charge in [0.15, 0.2) is 5.96 Å². The first-order chi connectivity index (χ1) is 14.2. The molecule has 0 aliphatic carbocycles. The number of piperazine rings is 1. The zero-order valence-corrected chi connectivity index (χ0v) is 21.1. The number of nitrogens with one attached hydrogen (secondary N) is 1. The van der Waals surface area contributed by atoms with Crippen LogP contribution in [0.25, 0.3) is 0 Å². The Labute approximate surface area is 203 Å². The second-order valence-electron chi connectivity index (χ2n) is 7.87. The number of aliphatic imine (C=N–C) groups is 1. The van der Waals surface area contributed by atoms with Gasteiger partial charge in [-0.05, 0) is 43.7 Å². The molecule has 0 aromatic heterocycles. The van der Waals surface area contributed by atoms with Crippen molar-refractivity contribution in [3.8, 4) is 0 Å². The van der Waals surface area contributed by atoms with Crippen molar-refractivity contribution in [1.82, 2.24) is 20.0 Å². The molecular weight excluding hydrogens is 513 g/mol. The molecule has 2 saturated heterocycles. The molecule has 3 rings (SSSR count). The van der Waals surface area contributed by atoms with Gasteiger partial charge in [0, 0.05) is 57.9 Å². The standard InChI is InChI=1S/C22H34ClN5O.HI/c1-24-22(25-11-7-9-19-8-3-4-10-20(19)23)28-16-14-26(15-17-28)18-21(29)27-12-5-2-6-13-27;/h3-4,8,10H,2,5-7,9,11-18H2,1H3,(H,24,25);1H. The van der Waals surface area contributed by atoms with Crippen LogP contribution >= 0.6 is 35.6 Å². The highest BCUT2D eigenvalue weighted by Gasteiger charge is 2.23. The molecule has 0 spiro atoms. The molecule has 0 saturated carbocycles. The number of piperidine rings is 1. The lowest BCUT2D eigenvalue weighted by molar-refractivity contribution is -0.133. The molecular formula is C22H35ClIN5O. The average molecular weight is 548 g/mol.